The van der Waals surface area contributed by atoms with Crippen molar-refractivity contribution in [1.29, 1.82) is 0 Å². The van der Waals surface area contributed by atoms with Gasteiger partial charge in [0.15, 0.2) is 0 Å². The lowest BCUT2D eigenvalue weighted by Gasteiger charge is -2.25. The number of hydrogen-bond acceptors (Lipinski definition) is 4. The molecule has 0 aliphatic heterocycles. The minimum atomic E-state index is -1.04. The molecule has 1 rings (SSSR count). The molecule has 0 saturated heterocycles. The van der Waals surface area contributed by atoms with Gasteiger partial charge in [0, 0.05) is 12.7 Å². The molecule has 1 N–H and O–H groups in total. The SMILES string of the molecule is COCc1ccc(OC)c(C(C)(C)O)c1OC. The van der Waals surface area contributed by atoms with E-state index in [0.717, 1.165) is 5.56 Å². The van der Waals surface area contributed by atoms with Gasteiger partial charge in [0.1, 0.15) is 11.5 Å². The van der Waals surface area contributed by atoms with Crippen LogP contribution in [-0.4, -0.2) is 26.4 Å². The fourth-order valence-corrected chi connectivity index (χ4v) is 1.86. The number of aliphatic hydroxyl groups is 1. The first-order valence-corrected chi connectivity index (χ1v) is 5.41. The van der Waals surface area contributed by atoms with E-state index < -0.39 is 5.60 Å². The molecule has 0 saturated carbocycles. The Kier molecular flexibility index (Phi) is 4.37. The van der Waals surface area contributed by atoms with E-state index >= 15 is 0 Å². The molecule has 17 heavy (non-hydrogen) atoms. The second-order valence-electron chi connectivity index (χ2n) is 4.33. The van der Waals surface area contributed by atoms with Gasteiger partial charge < -0.3 is 19.3 Å². The third-order valence-electron chi connectivity index (χ3n) is 2.54. The first kappa shape index (κ1) is 13.8. The van der Waals surface area contributed by atoms with Crippen molar-refractivity contribution >= 4 is 0 Å². The number of ether oxygens (including phenoxy) is 3. The van der Waals surface area contributed by atoms with E-state index in [1.807, 2.05) is 12.1 Å². The van der Waals surface area contributed by atoms with Crippen molar-refractivity contribution in [2.75, 3.05) is 21.3 Å². The zero-order valence-electron chi connectivity index (χ0n) is 11.0. The van der Waals surface area contributed by atoms with Crippen LogP contribution < -0.4 is 9.47 Å². The zero-order chi connectivity index (χ0) is 13.1. The van der Waals surface area contributed by atoms with Crippen molar-refractivity contribution in [2.24, 2.45) is 0 Å². The van der Waals surface area contributed by atoms with Crippen LogP contribution in [0.15, 0.2) is 12.1 Å². The highest BCUT2D eigenvalue weighted by atomic mass is 16.5. The summed E-state index contributed by atoms with van der Waals surface area (Å²) in [5.41, 5.74) is 0.477. The summed E-state index contributed by atoms with van der Waals surface area (Å²) in [6.07, 6.45) is 0. The van der Waals surface area contributed by atoms with Gasteiger partial charge in [0.2, 0.25) is 0 Å². The maximum atomic E-state index is 10.2. The van der Waals surface area contributed by atoms with Gasteiger partial charge in [0.05, 0.1) is 32.0 Å². The predicted octanol–water partition coefficient (Wildman–Crippen LogP) is 2.08. The van der Waals surface area contributed by atoms with Crippen LogP contribution in [0, 0.1) is 0 Å². The van der Waals surface area contributed by atoms with E-state index in [4.69, 9.17) is 14.2 Å². The summed E-state index contributed by atoms with van der Waals surface area (Å²) in [6, 6.07) is 3.68. The van der Waals surface area contributed by atoms with Crippen LogP contribution in [0.5, 0.6) is 11.5 Å². The molecule has 1 aromatic rings. The summed E-state index contributed by atoms with van der Waals surface area (Å²) in [7, 11) is 4.76. The molecule has 0 heterocycles. The Balaban J connectivity index is 3.43. The van der Waals surface area contributed by atoms with Crippen molar-refractivity contribution in [1.82, 2.24) is 0 Å². The van der Waals surface area contributed by atoms with Gasteiger partial charge in [-0.3, -0.25) is 0 Å². The second-order valence-corrected chi connectivity index (χ2v) is 4.33. The highest BCUT2D eigenvalue weighted by Crippen LogP contribution is 2.39. The molecule has 0 aliphatic carbocycles. The van der Waals surface area contributed by atoms with E-state index in [9.17, 15) is 5.11 Å². The predicted molar refractivity (Wildman–Crippen MR) is 65.5 cm³/mol. The average molecular weight is 240 g/mol. The van der Waals surface area contributed by atoms with E-state index in [-0.39, 0.29) is 0 Å². The minimum absolute atomic E-state index is 0.427. The van der Waals surface area contributed by atoms with Crippen LogP contribution in [0.1, 0.15) is 25.0 Å². The van der Waals surface area contributed by atoms with Crippen LogP contribution in [0.25, 0.3) is 0 Å². The molecule has 0 aliphatic rings. The zero-order valence-corrected chi connectivity index (χ0v) is 11.0. The van der Waals surface area contributed by atoms with E-state index in [1.165, 1.54) is 0 Å². The van der Waals surface area contributed by atoms with E-state index in [0.29, 0.717) is 23.7 Å². The van der Waals surface area contributed by atoms with Gasteiger partial charge in [-0.1, -0.05) is 0 Å². The van der Waals surface area contributed by atoms with Crippen molar-refractivity contribution in [3.63, 3.8) is 0 Å². The molecule has 0 bridgehead atoms. The monoisotopic (exact) mass is 240 g/mol. The fourth-order valence-electron chi connectivity index (χ4n) is 1.86. The van der Waals surface area contributed by atoms with Gasteiger partial charge in [0.25, 0.3) is 0 Å². The lowest BCUT2D eigenvalue weighted by Crippen LogP contribution is -2.19. The molecular formula is C13H20O4. The standard InChI is InChI=1S/C13H20O4/c1-13(2,14)11-10(16-4)7-6-9(8-15-3)12(11)17-5/h6-7,14H,8H2,1-5H3. The average Bonchev–Trinajstić information content (AvgIpc) is 2.27. The molecule has 0 amide bonds. The third-order valence-corrected chi connectivity index (χ3v) is 2.54. The minimum Gasteiger partial charge on any atom is -0.496 e. The Labute approximate surface area is 102 Å². The summed E-state index contributed by atoms with van der Waals surface area (Å²) < 4.78 is 15.8. The van der Waals surface area contributed by atoms with Crippen LogP contribution in [0.3, 0.4) is 0 Å². The van der Waals surface area contributed by atoms with Gasteiger partial charge in [-0.05, 0) is 26.0 Å². The summed E-state index contributed by atoms with van der Waals surface area (Å²) >= 11 is 0. The van der Waals surface area contributed by atoms with Crippen LogP contribution >= 0.6 is 0 Å². The van der Waals surface area contributed by atoms with Crippen LogP contribution in [0.4, 0.5) is 0 Å². The van der Waals surface area contributed by atoms with E-state index in [1.54, 1.807) is 35.2 Å². The molecule has 0 unspecified atom stereocenters. The second kappa shape index (κ2) is 5.38. The van der Waals surface area contributed by atoms with Gasteiger partial charge in [-0.15, -0.1) is 0 Å². The lowest BCUT2D eigenvalue weighted by molar-refractivity contribution is 0.0719. The molecule has 0 atom stereocenters. The van der Waals surface area contributed by atoms with Crippen LogP contribution in [0.2, 0.25) is 0 Å². The lowest BCUT2D eigenvalue weighted by atomic mass is 9.94. The third kappa shape index (κ3) is 2.90. The Bertz CT molecular complexity index is 380. The van der Waals surface area contributed by atoms with Gasteiger partial charge in [-0.25, -0.2) is 0 Å². The quantitative estimate of drug-likeness (QED) is 0.856. The number of benzene rings is 1. The first-order valence-electron chi connectivity index (χ1n) is 5.41. The highest BCUT2D eigenvalue weighted by molar-refractivity contribution is 5.52. The molecule has 4 heteroatoms. The number of rotatable bonds is 5. The summed E-state index contributed by atoms with van der Waals surface area (Å²) in [6.45, 7) is 3.82. The topological polar surface area (TPSA) is 47.9 Å². The Hall–Kier alpha value is -1.26. The molecule has 0 spiro atoms. The van der Waals surface area contributed by atoms with Gasteiger partial charge in [-0.2, -0.15) is 0 Å². The molecule has 0 fully saturated rings. The summed E-state index contributed by atoms with van der Waals surface area (Å²) in [5.74, 6) is 1.22. The van der Waals surface area contributed by atoms with Crippen molar-refractivity contribution in [2.45, 2.75) is 26.1 Å². The maximum Gasteiger partial charge on any atom is 0.134 e. The summed E-state index contributed by atoms with van der Waals surface area (Å²) in [5, 5.41) is 10.2. The fraction of sp³-hybridized carbons (Fsp3) is 0.538. The summed E-state index contributed by atoms with van der Waals surface area (Å²) in [4.78, 5) is 0. The molecule has 0 radical (unpaired) electrons. The maximum absolute atomic E-state index is 10.2. The Morgan fingerprint density at radius 3 is 2.18 bits per heavy atom. The number of methoxy groups -OCH3 is 3. The van der Waals surface area contributed by atoms with Crippen LogP contribution in [-0.2, 0) is 16.9 Å². The molecular weight excluding hydrogens is 220 g/mol. The molecule has 0 aromatic heterocycles. The Morgan fingerprint density at radius 2 is 1.76 bits per heavy atom. The number of hydrogen-bond donors (Lipinski definition) is 1. The van der Waals surface area contributed by atoms with Gasteiger partial charge >= 0.3 is 0 Å². The van der Waals surface area contributed by atoms with Crippen molar-refractivity contribution in [3.8, 4) is 11.5 Å². The molecule has 96 valence electrons. The van der Waals surface area contributed by atoms with E-state index in [2.05, 4.69) is 0 Å². The molecule has 4 nitrogen and oxygen atoms in total. The van der Waals surface area contributed by atoms with Crippen molar-refractivity contribution < 1.29 is 19.3 Å². The first-order chi connectivity index (χ1) is 7.95. The smallest absolute Gasteiger partial charge is 0.134 e. The van der Waals surface area contributed by atoms with Crippen molar-refractivity contribution in [3.05, 3.63) is 23.3 Å². The highest BCUT2D eigenvalue weighted by Gasteiger charge is 2.27. The normalized spacial score (nSPS) is 11.4. The largest absolute Gasteiger partial charge is 0.496 e. The molecule has 1 aromatic carbocycles. The Morgan fingerprint density at radius 1 is 1.12 bits per heavy atom.